The molecule has 1 aliphatic heterocycles. The second-order valence-corrected chi connectivity index (χ2v) is 6.79. The molecule has 124 valence electrons. The third-order valence-electron chi connectivity index (χ3n) is 4.44. The van der Waals surface area contributed by atoms with Crippen LogP contribution in [0.2, 0.25) is 0 Å². The maximum atomic E-state index is 13.2. The Morgan fingerprint density at radius 2 is 1.88 bits per heavy atom. The molecule has 1 saturated heterocycles. The van der Waals surface area contributed by atoms with Crippen LogP contribution in [0.15, 0.2) is 39.9 Å². The smallest absolute Gasteiger partial charge is 0.335 e. The summed E-state index contributed by atoms with van der Waals surface area (Å²) in [6.07, 6.45) is 3.20. The fourth-order valence-electron chi connectivity index (χ4n) is 3.29. The molecule has 0 saturated carbocycles. The number of hydrogen-bond acceptors (Lipinski definition) is 5. The zero-order valence-electron chi connectivity index (χ0n) is 12.9. The molecule has 0 aliphatic carbocycles. The van der Waals surface area contributed by atoms with E-state index in [0.717, 1.165) is 36.1 Å². The molecule has 0 unspecified atom stereocenters. The van der Waals surface area contributed by atoms with Crippen molar-refractivity contribution in [2.75, 3.05) is 18.8 Å². The number of aromatic nitrogens is 4. The van der Waals surface area contributed by atoms with Crippen molar-refractivity contribution in [1.29, 1.82) is 0 Å². The molecule has 3 aromatic rings. The van der Waals surface area contributed by atoms with Gasteiger partial charge in [0.15, 0.2) is 11.5 Å². The SMILES string of the molecule is Nc1ncnc2c1n(-c1ccc(Br)cc1)c(=O)n2C1CCNCC1. The summed E-state index contributed by atoms with van der Waals surface area (Å²) in [5.74, 6) is 0.313. The summed E-state index contributed by atoms with van der Waals surface area (Å²) in [4.78, 5) is 21.6. The zero-order valence-corrected chi connectivity index (χ0v) is 14.5. The number of nitrogens with one attached hydrogen (secondary N) is 1. The van der Waals surface area contributed by atoms with Crippen LogP contribution < -0.4 is 16.7 Å². The highest BCUT2D eigenvalue weighted by atomic mass is 79.9. The average Bonchev–Trinajstić information content (AvgIpc) is 2.90. The molecule has 8 heteroatoms. The molecule has 0 spiro atoms. The van der Waals surface area contributed by atoms with Gasteiger partial charge in [0.1, 0.15) is 11.8 Å². The molecule has 24 heavy (non-hydrogen) atoms. The van der Waals surface area contributed by atoms with E-state index in [-0.39, 0.29) is 11.7 Å². The van der Waals surface area contributed by atoms with E-state index in [9.17, 15) is 4.79 Å². The molecule has 4 rings (SSSR count). The summed E-state index contributed by atoms with van der Waals surface area (Å²) in [5, 5.41) is 3.32. The minimum absolute atomic E-state index is 0.118. The van der Waals surface area contributed by atoms with Crippen LogP contribution in [-0.4, -0.2) is 32.2 Å². The molecular formula is C16H17BrN6O. The molecule has 0 amide bonds. The van der Waals surface area contributed by atoms with Crippen LogP contribution in [0.3, 0.4) is 0 Å². The van der Waals surface area contributed by atoms with Crippen LogP contribution >= 0.6 is 15.9 Å². The third-order valence-corrected chi connectivity index (χ3v) is 4.97. The molecule has 0 bridgehead atoms. The van der Waals surface area contributed by atoms with Crippen molar-refractivity contribution < 1.29 is 0 Å². The summed E-state index contributed by atoms with van der Waals surface area (Å²) >= 11 is 3.42. The lowest BCUT2D eigenvalue weighted by Crippen LogP contribution is -2.34. The number of fused-ring (bicyclic) bond motifs is 1. The maximum Gasteiger partial charge on any atom is 0.335 e. The Morgan fingerprint density at radius 1 is 1.17 bits per heavy atom. The highest BCUT2D eigenvalue weighted by Crippen LogP contribution is 2.26. The van der Waals surface area contributed by atoms with E-state index in [2.05, 4.69) is 31.2 Å². The molecule has 1 aliphatic rings. The number of rotatable bonds is 2. The number of piperidine rings is 1. The lowest BCUT2D eigenvalue weighted by Gasteiger charge is -2.23. The minimum atomic E-state index is -0.119. The number of hydrogen-bond donors (Lipinski definition) is 2. The summed E-state index contributed by atoms with van der Waals surface area (Å²) < 4.78 is 4.33. The van der Waals surface area contributed by atoms with Crippen LogP contribution in [0.4, 0.5) is 5.82 Å². The molecule has 1 aromatic carbocycles. The number of imidazole rings is 1. The van der Waals surface area contributed by atoms with Crippen LogP contribution in [0.5, 0.6) is 0 Å². The predicted molar refractivity (Wildman–Crippen MR) is 96.4 cm³/mol. The van der Waals surface area contributed by atoms with Crippen LogP contribution in [0, 0.1) is 0 Å². The van der Waals surface area contributed by atoms with Gasteiger partial charge in [-0.25, -0.2) is 14.8 Å². The Labute approximate surface area is 146 Å². The largest absolute Gasteiger partial charge is 0.382 e. The number of halogens is 1. The van der Waals surface area contributed by atoms with Crippen molar-refractivity contribution in [3.63, 3.8) is 0 Å². The summed E-state index contributed by atoms with van der Waals surface area (Å²) in [7, 11) is 0. The second kappa shape index (κ2) is 6.03. The molecule has 0 atom stereocenters. The van der Waals surface area contributed by atoms with Crippen LogP contribution in [-0.2, 0) is 0 Å². The number of nitrogens with zero attached hydrogens (tertiary/aromatic N) is 4. The van der Waals surface area contributed by atoms with Crippen LogP contribution in [0.25, 0.3) is 16.9 Å². The van der Waals surface area contributed by atoms with Crippen LogP contribution in [0.1, 0.15) is 18.9 Å². The number of anilines is 1. The third kappa shape index (κ3) is 2.42. The lowest BCUT2D eigenvalue weighted by molar-refractivity contribution is 0.366. The van der Waals surface area contributed by atoms with Gasteiger partial charge >= 0.3 is 5.69 Å². The van der Waals surface area contributed by atoms with Gasteiger partial charge in [0.2, 0.25) is 0 Å². The van der Waals surface area contributed by atoms with E-state index in [1.165, 1.54) is 6.33 Å². The lowest BCUT2D eigenvalue weighted by atomic mass is 10.1. The maximum absolute atomic E-state index is 13.2. The summed E-state index contributed by atoms with van der Waals surface area (Å²) in [6, 6.07) is 7.67. The molecule has 1 fully saturated rings. The first kappa shape index (κ1) is 15.3. The first-order chi connectivity index (χ1) is 11.7. The predicted octanol–water partition coefficient (Wildman–Crippen LogP) is 1.85. The average molecular weight is 389 g/mol. The van der Waals surface area contributed by atoms with Gasteiger partial charge in [-0.3, -0.25) is 9.13 Å². The van der Waals surface area contributed by atoms with E-state index in [1.807, 2.05) is 24.3 Å². The fourth-order valence-corrected chi connectivity index (χ4v) is 3.56. The zero-order chi connectivity index (χ0) is 16.7. The van der Waals surface area contributed by atoms with Gasteiger partial charge < -0.3 is 11.1 Å². The Morgan fingerprint density at radius 3 is 2.58 bits per heavy atom. The van der Waals surface area contributed by atoms with Crippen molar-refractivity contribution in [1.82, 2.24) is 24.4 Å². The normalized spacial score (nSPS) is 15.9. The van der Waals surface area contributed by atoms with Crippen molar-refractivity contribution in [2.24, 2.45) is 0 Å². The number of benzene rings is 1. The van der Waals surface area contributed by atoms with E-state index in [4.69, 9.17) is 5.73 Å². The monoisotopic (exact) mass is 388 g/mol. The van der Waals surface area contributed by atoms with Crippen molar-refractivity contribution >= 4 is 32.9 Å². The standard InChI is InChI=1S/C16H17BrN6O/c17-10-1-3-11(4-2-10)22-13-14(18)20-9-21-15(13)23(16(22)24)12-5-7-19-8-6-12/h1-4,9,12,19H,5-8H2,(H2,18,20,21). The van der Waals surface area contributed by atoms with Crippen molar-refractivity contribution in [3.05, 3.63) is 45.5 Å². The summed E-state index contributed by atoms with van der Waals surface area (Å²) in [5.41, 5.74) is 7.90. The van der Waals surface area contributed by atoms with E-state index in [0.29, 0.717) is 17.0 Å². The van der Waals surface area contributed by atoms with Gasteiger partial charge in [-0.15, -0.1) is 0 Å². The van der Waals surface area contributed by atoms with Crippen molar-refractivity contribution in [3.8, 4) is 5.69 Å². The van der Waals surface area contributed by atoms with Gasteiger partial charge in [0, 0.05) is 10.5 Å². The molecule has 0 radical (unpaired) electrons. The minimum Gasteiger partial charge on any atom is -0.382 e. The quantitative estimate of drug-likeness (QED) is 0.698. The van der Waals surface area contributed by atoms with E-state index < -0.39 is 0 Å². The topological polar surface area (TPSA) is 90.8 Å². The Bertz CT molecular complexity index is 940. The Kier molecular flexibility index (Phi) is 3.85. The molecule has 3 heterocycles. The molecule has 7 nitrogen and oxygen atoms in total. The number of nitrogens with two attached hydrogens (primary N) is 1. The van der Waals surface area contributed by atoms with Crippen molar-refractivity contribution in [2.45, 2.75) is 18.9 Å². The first-order valence-electron chi connectivity index (χ1n) is 7.87. The highest BCUT2D eigenvalue weighted by molar-refractivity contribution is 9.10. The second-order valence-electron chi connectivity index (χ2n) is 5.88. The van der Waals surface area contributed by atoms with Gasteiger partial charge in [-0.05, 0) is 50.2 Å². The fraction of sp³-hybridized carbons (Fsp3) is 0.312. The highest BCUT2D eigenvalue weighted by Gasteiger charge is 2.25. The van der Waals surface area contributed by atoms with Gasteiger partial charge in [0.05, 0.1) is 5.69 Å². The molecular weight excluding hydrogens is 372 g/mol. The molecule has 3 N–H and O–H groups in total. The first-order valence-corrected chi connectivity index (χ1v) is 8.66. The molecule has 2 aromatic heterocycles. The van der Waals surface area contributed by atoms with E-state index in [1.54, 1.807) is 9.13 Å². The van der Waals surface area contributed by atoms with Gasteiger partial charge in [-0.1, -0.05) is 15.9 Å². The Hall–Kier alpha value is -2.19. The van der Waals surface area contributed by atoms with Gasteiger partial charge in [-0.2, -0.15) is 0 Å². The van der Waals surface area contributed by atoms with E-state index >= 15 is 0 Å². The number of nitrogen functional groups attached to an aromatic ring is 1. The summed E-state index contributed by atoms with van der Waals surface area (Å²) in [6.45, 7) is 1.78. The van der Waals surface area contributed by atoms with Gasteiger partial charge in [0.25, 0.3) is 0 Å². The Balaban J connectivity index is 2.01.